The number of nitrogens with zero attached hydrogens (tertiary/aromatic N) is 2. The average molecular weight is 444 g/mol. The first-order valence-electron chi connectivity index (χ1n) is 11.1. The molecule has 4 aliphatic rings. The fourth-order valence-electron chi connectivity index (χ4n) is 5.21. The largest absolute Gasteiger partial charge is 0.375 e. The van der Waals surface area contributed by atoms with Crippen molar-refractivity contribution >= 4 is 29.3 Å². The van der Waals surface area contributed by atoms with Crippen molar-refractivity contribution in [2.75, 3.05) is 37.7 Å². The van der Waals surface area contributed by atoms with Gasteiger partial charge in [-0.25, -0.2) is 4.39 Å². The number of halogens is 1. The second-order valence-electron chi connectivity index (χ2n) is 8.70. The monoisotopic (exact) mass is 444 g/mol. The number of hydrogen-bond acceptors (Lipinski definition) is 7. The molecule has 5 rings (SSSR count). The predicted octanol–water partition coefficient (Wildman–Crippen LogP) is 0.432. The molecular formula is C22H25FN4O5. The van der Waals surface area contributed by atoms with Crippen LogP contribution in [0.25, 0.3) is 0 Å². The topological polar surface area (TPSA) is 108 Å². The summed E-state index contributed by atoms with van der Waals surface area (Å²) < 4.78 is 20.9. The molecule has 10 heteroatoms. The average Bonchev–Trinajstić information content (AvgIpc) is 3.05. The molecule has 3 saturated heterocycles. The number of hydrogen-bond donors (Lipinski definition) is 2. The van der Waals surface area contributed by atoms with E-state index in [0.717, 1.165) is 30.8 Å². The van der Waals surface area contributed by atoms with E-state index in [4.69, 9.17) is 4.74 Å². The van der Waals surface area contributed by atoms with Crippen LogP contribution < -0.4 is 15.5 Å². The third-order valence-corrected chi connectivity index (χ3v) is 6.87. The molecule has 1 aromatic carbocycles. The minimum absolute atomic E-state index is 0.00809. The van der Waals surface area contributed by atoms with Gasteiger partial charge in [0, 0.05) is 32.6 Å². The van der Waals surface area contributed by atoms with Crippen LogP contribution in [-0.4, -0.2) is 73.5 Å². The van der Waals surface area contributed by atoms with Crippen molar-refractivity contribution in [2.45, 2.75) is 37.8 Å². The Morgan fingerprint density at radius 2 is 1.81 bits per heavy atom. The van der Waals surface area contributed by atoms with E-state index in [1.165, 1.54) is 12.1 Å². The van der Waals surface area contributed by atoms with Gasteiger partial charge in [0.1, 0.15) is 11.9 Å². The minimum Gasteiger partial charge on any atom is -0.375 e. The van der Waals surface area contributed by atoms with E-state index in [0.29, 0.717) is 25.6 Å². The summed E-state index contributed by atoms with van der Waals surface area (Å²) in [6.45, 7) is 3.40. The van der Waals surface area contributed by atoms with Gasteiger partial charge in [0.15, 0.2) is 0 Å². The molecule has 3 fully saturated rings. The molecular weight excluding hydrogens is 419 g/mol. The number of carbonyl (C=O) groups excluding carboxylic acids is 4. The SMILES string of the molecule is O=C1CCC(N2C(=O)c3ccc(F)c(N4CCC(C5CNCCO5)CC4)c3C2=O)C(=O)N1. The maximum atomic E-state index is 15.0. The van der Waals surface area contributed by atoms with E-state index >= 15 is 0 Å². The molecule has 0 saturated carbocycles. The van der Waals surface area contributed by atoms with Crippen LogP contribution in [0, 0.1) is 11.7 Å². The van der Waals surface area contributed by atoms with Crippen LogP contribution in [0.4, 0.5) is 10.1 Å². The van der Waals surface area contributed by atoms with Crippen LogP contribution in [0.15, 0.2) is 12.1 Å². The Balaban J connectivity index is 1.39. The highest BCUT2D eigenvalue weighted by atomic mass is 19.1. The third kappa shape index (κ3) is 3.47. The van der Waals surface area contributed by atoms with Crippen LogP contribution in [0.2, 0.25) is 0 Å². The van der Waals surface area contributed by atoms with Crippen molar-refractivity contribution in [3.05, 3.63) is 29.1 Å². The number of fused-ring (bicyclic) bond motifs is 1. The van der Waals surface area contributed by atoms with Gasteiger partial charge in [0.2, 0.25) is 11.8 Å². The van der Waals surface area contributed by atoms with Gasteiger partial charge in [-0.3, -0.25) is 29.4 Å². The van der Waals surface area contributed by atoms with Gasteiger partial charge in [-0.15, -0.1) is 0 Å². The van der Waals surface area contributed by atoms with Crippen LogP contribution in [0.5, 0.6) is 0 Å². The number of carbonyl (C=O) groups is 4. The zero-order valence-corrected chi connectivity index (χ0v) is 17.6. The number of amides is 4. The Kier molecular flexibility index (Phi) is 5.42. The number of nitrogens with one attached hydrogen (secondary N) is 2. The fourth-order valence-corrected chi connectivity index (χ4v) is 5.21. The summed E-state index contributed by atoms with van der Waals surface area (Å²) in [5, 5.41) is 5.51. The normalized spacial score (nSPS) is 27.0. The van der Waals surface area contributed by atoms with Crippen molar-refractivity contribution in [1.29, 1.82) is 0 Å². The van der Waals surface area contributed by atoms with Gasteiger partial charge in [-0.2, -0.15) is 0 Å². The molecule has 2 unspecified atom stereocenters. The van der Waals surface area contributed by atoms with E-state index < -0.39 is 35.5 Å². The highest BCUT2D eigenvalue weighted by Crippen LogP contribution is 2.38. The van der Waals surface area contributed by atoms with Crippen LogP contribution in [0.1, 0.15) is 46.4 Å². The second-order valence-corrected chi connectivity index (χ2v) is 8.70. The lowest BCUT2D eigenvalue weighted by atomic mass is 9.89. The fraction of sp³-hybridized carbons (Fsp3) is 0.545. The molecule has 4 heterocycles. The number of rotatable bonds is 3. The Morgan fingerprint density at radius 3 is 2.50 bits per heavy atom. The maximum Gasteiger partial charge on any atom is 0.264 e. The van der Waals surface area contributed by atoms with E-state index in [1.54, 1.807) is 0 Å². The van der Waals surface area contributed by atoms with Crippen molar-refractivity contribution < 1.29 is 28.3 Å². The van der Waals surface area contributed by atoms with Crippen molar-refractivity contribution in [2.24, 2.45) is 5.92 Å². The number of morpholine rings is 1. The molecule has 1 aromatic rings. The highest BCUT2D eigenvalue weighted by molar-refractivity contribution is 6.25. The Bertz CT molecular complexity index is 985. The minimum atomic E-state index is -1.07. The van der Waals surface area contributed by atoms with Crippen LogP contribution in [-0.2, 0) is 14.3 Å². The first kappa shape index (κ1) is 21.0. The van der Waals surface area contributed by atoms with Crippen LogP contribution in [0.3, 0.4) is 0 Å². The van der Waals surface area contributed by atoms with Gasteiger partial charge in [0.05, 0.1) is 29.5 Å². The Hall–Kier alpha value is -2.85. The number of anilines is 1. The molecule has 2 atom stereocenters. The molecule has 4 aliphatic heterocycles. The molecule has 2 N–H and O–H groups in total. The Labute approximate surface area is 184 Å². The zero-order chi connectivity index (χ0) is 22.4. The van der Waals surface area contributed by atoms with Gasteiger partial charge >= 0.3 is 0 Å². The lowest BCUT2D eigenvalue weighted by Crippen LogP contribution is -2.54. The number of benzene rings is 1. The highest BCUT2D eigenvalue weighted by Gasteiger charge is 2.47. The first-order valence-corrected chi connectivity index (χ1v) is 11.1. The molecule has 0 aliphatic carbocycles. The molecule has 170 valence electrons. The van der Waals surface area contributed by atoms with Gasteiger partial charge < -0.3 is 15.0 Å². The summed E-state index contributed by atoms with van der Waals surface area (Å²) in [6.07, 6.45) is 1.80. The third-order valence-electron chi connectivity index (χ3n) is 6.87. The van der Waals surface area contributed by atoms with E-state index in [-0.39, 0.29) is 35.8 Å². The first-order chi connectivity index (χ1) is 15.5. The number of piperidine rings is 2. The molecule has 9 nitrogen and oxygen atoms in total. The summed E-state index contributed by atoms with van der Waals surface area (Å²) in [7, 11) is 0. The molecule has 4 amide bonds. The number of imide groups is 2. The predicted molar refractivity (Wildman–Crippen MR) is 111 cm³/mol. The maximum absolute atomic E-state index is 15.0. The molecule has 0 bridgehead atoms. The van der Waals surface area contributed by atoms with E-state index in [1.807, 2.05) is 4.90 Å². The van der Waals surface area contributed by atoms with Crippen molar-refractivity contribution in [1.82, 2.24) is 15.5 Å². The quantitative estimate of drug-likeness (QED) is 0.651. The second kappa shape index (κ2) is 8.25. The lowest BCUT2D eigenvalue weighted by Gasteiger charge is -2.39. The smallest absolute Gasteiger partial charge is 0.264 e. The number of ether oxygens (including phenoxy) is 1. The van der Waals surface area contributed by atoms with Gasteiger partial charge in [-0.05, 0) is 37.3 Å². The summed E-state index contributed by atoms with van der Waals surface area (Å²) in [4.78, 5) is 52.8. The van der Waals surface area contributed by atoms with Crippen LogP contribution >= 0.6 is 0 Å². The molecule has 0 aromatic heterocycles. The summed E-state index contributed by atoms with van der Waals surface area (Å²) in [5.74, 6) is -2.65. The zero-order valence-electron chi connectivity index (χ0n) is 17.6. The summed E-state index contributed by atoms with van der Waals surface area (Å²) in [6, 6.07) is 1.43. The van der Waals surface area contributed by atoms with Gasteiger partial charge in [0.25, 0.3) is 11.8 Å². The molecule has 32 heavy (non-hydrogen) atoms. The standard InChI is InChI=1S/C22H25FN4O5/c23-14-2-1-13-18(22(31)27(21(13)30)15-3-4-17(28)25-20(15)29)19(14)26-8-5-12(6-9-26)16-11-24-7-10-32-16/h1-2,12,15-16,24H,3-11H2,(H,25,28,29). The van der Waals surface area contributed by atoms with Crippen molar-refractivity contribution in [3.8, 4) is 0 Å². The van der Waals surface area contributed by atoms with Gasteiger partial charge in [-0.1, -0.05) is 0 Å². The summed E-state index contributed by atoms with van der Waals surface area (Å²) >= 11 is 0. The molecule has 0 radical (unpaired) electrons. The van der Waals surface area contributed by atoms with Crippen molar-refractivity contribution in [3.63, 3.8) is 0 Å². The lowest BCUT2D eigenvalue weighted by molar-refractivity contribution is -0.136. The molecule has 0 spiro atoms. The van der Waals surface area contributed by atoms with E-state index in [2.05, 4.69) is 10.6 Å². The Morgan fingerprint density at radius 1 is 1.03 bits per heavy atom. The van der Waals surface area contributed by atoms with E-state index in [9.17, 15) is 23.6 Å². The summed E-state index contributed by atoms with van der Waals surface area (Å²) in [5.41, 5.74) is 0.226.